The van der Waals surface area contributed by atoms with Gasteiger partial charge in [-0.1, -0.05) is 0 Å². The van der Waals surface area contributed by atoms with Crippen molar-refractivity contribution in [3.63, 3.8) is 0 Å². The van der Waals surface area contributed by atoms with Crippen LogP contribution in [0.3, 0.4) is 0 Å². The van der Waals surface area contributed by atoms with Gasteiger partial charge in [0.25, 0.3) is 5.91 Å². The van der Waals surface area contributed by atoms with Gasteiger partial charge in [0, 0.05) is 18.2 Å². The number of benzene rings is 1. The van der Waals surface area contributed by atoms with Crippen LogP contribution >= 0.6 is 0 Å². The predicted octanol–water partition coefficient (Wildman–Crippen LogP) is 2.78. The summed E-state index contributed by atoms with van der Waals surface area (Å²) in [5, 5.41) is 8.68. The molecule has 0 aromatic heterocycles. The van der Waals surface area contributed by atoms with E-state index in [2.05, 4.69) is 0 Å². The van der Waals surface area contributed by atoms with Crippen LogP contribution in [0.5, 0.6) is 0 Å². The summed E-state index contributed by atoms with van der Waals surface area (Å²) in [6.45, 7) is 0.0693. The number of hydrogen-bond donors (Lipinski definition) is 1. The first-order valence-corrected chi connectivity index (χ1v) is 6.49. The summed E-state index contributed by atoms with van der Waals surface area (Å²) in [5.74, 6) is -1.44. The summed E-state index contributed by atoms with van der Waals surface area (Å²) in [6, 6.07) is 3.97. The molecule has 1 aliphatic rings. The van der Waals surface area contributed by atoms with Crippen LogP contribution in [0.15, 0.2) is 24.3 Å². The third-order valence-corrected chi connectivity index (χ3v) is 3.27. The summed E-state index contributed by atoms with van der Waals surface area (Å²) < 4.78 is 37.4. The molecule has 0 bridgehead atoms. The zero-order valence-electron chi connectivity index (χ0n) is 11.1. The second-order valence-corrected chi connectivity index (χ2v) is 4.95. The standard InChI is InChI=1S/C14H14F3NO3/c15-14(16,17)10-3-1-9(2-4-10)13(21)18(11-5-6-11)8-7-12(19)20/h1-4,11H,5-8H2,(H,19,20). The number of nitrogens with zero attached hydrogens (tertiary/aromatic N) is 1. The zero-order valence-corrected chi connectivity index (χ0v) is 11.1. The molecule has 0 atom stereocenters. The number of alkyl halides is 3. The fourth-order valence-electron chi connectivity index (χ4n) is 2.02. The van der Waals surface area contributed by atoms with Crippen molar-refractivity contribution in [2.24, 2.45) is 0 Å². The summed E-state index contributed by atoms with van der Waals surface area (Å²) in [6.07, 6.45) is -3.03. The molecule has 1 saturated carbocycles. The van der Waals surface area contributed by atoms with E-state index in [0.29, 0.717) is 0 Å². The topological polar surface area (TPSA) is 57.6 Å². The molecule has 0 spiro atoms. The average Bonchev–Trinajstić information content (AvgIpc) is 3.22. The van der Waals surface area contributed by atoms with Crippen LogP contribution in [0.1, 0.15) is 35.2 Å². The fraction of sp³-hybridized carbons (Fsp3) is 0.429. The molecule has 0 radical (unpaired) electrons. The minimum Gasteiger partial charge on any atom is -0.481 e. The van der Waals surface area contributed by atoms with E-state index in [9.17, 15) is 22.8 Å². The first-order chi connectivity index (χ1) is 9.79. The van der Waals surface area contributed by atoms with Crippen LogP contribution in [-0.2, 0) is 11.0 Å². The van der Waals surface area contributed by atoms with Crippen LogP contribution in [0.2, 0.25) is 0 Å². The van der Waals surface area contributed by atoms with E-state index in [1.165, 1.54) is 4.90 Å². The molecule has 1 amide bonds. The van der Waals surface area contributed by atoms with Gasteiger partial charge in [0.15, 0.2) is 0 Å². The maximum Gasteiger partial charge on any atom is 0.416 e. The molecule has 1 aliphatic carbocycles. The minimum absolute atomic E-state index is 0.000794. The Kier molecular flexibility index (Phi) is 4.20. The van der Waals surface area contributed by atoms with Gasteiger partial charge in [-0.3, -0.25) is 9.59 Å². The Morgan fingerprint density at radius 1 is 1.19 bits per heavy atom. The normalized spacial score (nSPS) is 14.8. The van der Waals surface area contributed by atoms with Crippen molar-refractivity contribution >= 4 is 11.9 Å². The summed E-state index contributed by atoms with van der Waals surface area (Å²) in [7, 11) is 0. The van der Waals surface area contributed by atoms with E-state index in [4.69, 9.17) is 5.11 Å². The maximum atomic E-state index is 12.5. The van der Waals surface area contributed by atoms with Gasteiger partial charge < -0.3 is 10.0 Å². The van der Waals surface area contributed by atoms with E-state index >= 15 is 0 Å². The van der Waals surface area contributed by atoms with Crippen LogP contribution in [0, 0.1) is 0 Å². The zero-order chi connectivity index (χ0) is 15.6. The van der Waals surface area contributed by atoms with E-state index in [0.717, 1.165) is 37.1 Å². The molecule has 0 unspecified atom stereocenters. The second-order valence-electron chi connectivity index (χ2n) is 4.95. The van der Waals surface area contributed by atoms with Gasteiger partial charge in [-0.15, -0.1) is 0 Å². The molecule has 0 heterocycles. The van der Waals surface area contributed by atoms with Crippen molar-refractivity contribution in [3.8, 4) is 0 Å². The van der Waals surface area contributed by atoms with E-state index < -0.39 is 23.6 Å². The third-order valence-electron chi connectivity index (χ3n) is 3.27. The molecule has 1 aromatic carbocycles. The number of carboxylic acid groups (broad SMARTS) is 1. The quantitative estimate of drug-likeness (QED) is 0.910. The molecular formula is C14H14F3NO3. The number of aliphatic carboxylic acids is 1. The highest BCUT2D eigenvalue weighted by Crippen LogP contribution is 2.31. The van der Waals surface area contributed by atoms with Crippen LogP contribution < -0.4 is 0 Å². The summed E-state index contributed by atoms with van der Waals surface area (Å²) in [4.78, 5) is 24.3. The van der Waals surface area contributed by atoms with E-state index in [1.54, 1.807) is 0 Å². The number of amides is 1. The van der Waals surface area contributed by atoms with Crippen molar-refractivity contribution < 1.29 is 27.9 Å². The molecule has 0 aliphatic heterocycles. The lowest BCUT2D eigenvalue weighted by Gasteiger charge is -2.21. The third kappa shape index (κ3) is 3.96. The molecule has 0 saturated heterocycles. The number of carbonyl (C=O) groups excluding carboxylic acids is 1. The Labute approximate surface area is 119 Å². The molecule has 1 fully saturated rings. The highest BCUT2D eigenvalue weighted by Gasteiger charge is 2.34. The first kappa shape index (κ1) is 15.3. The van der Waals surface area contributed by atoms with Gasteiger partial charge in [-0.25, -0.2) is 0 Å². The highest BCUT2D eigenvalue weighted by molar-refractivity contribution is 5.94. The van der Waals surface area contributed by atoms with Gasteiger partial charge in [-0.05, 0) is 37.1 Å². The Hall–Kier alpha value is -2.05. The van der Waals surface area contributed by atoms with Crippen molar-refractivity contribution in [2.75, 3.05) is 6.54 Å². The van der Waals surface area contributed by atoms with Crippen LogP contribution in [0.4, 0.5) is 13.2 Å². The Morgan fingerprint density at radius 2 is 1.76 bits per heavy atom. The maximum absolute atomic E-state index is 12.5. The largest absolute Gasteiger partial charge is 0.481 e. The van der Waals surface area contributed by atoms with Crippen LogP contribution in [0.25, 0.3) is 0 Å². The highest BCUT2D eigenvalue weighted by atomic mass is 19.4. The van der Waals surface area contributed by atoms with E-state index in [1.807, 2.05) is 0 Å². The molecule has 7 heteroatoms. The number of carbonyl (C=O) groups is 2. The fourth-order valence-corrected chi connectivity index (χ4v) is 2.02. The van der Waals surface area contributed by atoms with Crippen LogP contribution in [-0.4, -0.2) is 34.5 Å². The molecule has 114 valence electrons. The van der Waals surface area contributed by atoms with Crippen molar-refractivity contribution in [2.45, 2.75) is 31.5 Å². The van der Waals surface area contributed by atoms with Gasteiger partial charge in [0.2, 0.25) is 0 Å². The summed E-state index contributed by atoms with van der Waals surface area (Å²) >= 11 is 0. The number of carboxylic acids is 1. The van der Waals surface area contributed by atoms with Gasteiger partial charge >= 0.3 is 12.1 Å². The van der Waals surface area contributed by atoms with Crippen molar-refractivity contribution in [3.05, 3.63) is 35.4 Å². The Balaban J connectivity index is 2.11. The van der Waals surface area contributed by atoms with Gasteiger partial charge in [0.05, 0.1) is 12.0 Å². The Bertz CT molecular complexity index is 535. The lowest BCUT2D eigenvalue weighted by Crippen LogP contribution is -2.35. The lowest BCUT2D eigenvalue weighted by atomic mass is 10.1. The average molecular weight is 301 g/mol. The molecule has 1 aromatic rings. The number of halogens is 3. The monoisotopic (exact) mass is 301 g/mol. The first-order valence-electron chi connectivity index (χ1n) is 6.49. The molecule has 2 rings (SSSR count). The van der Waals surface area contributed by atoms with Gasteiger partial charge in [-0.2, -0.15) is 13.2 Å². The number of rotatable bonds is 5. The smallest absolute Gasteiger partial charge is 0.416 e. The molecule has 4 nitrogen and oxygen atoms in total. The Morgan fingerprint density at radius 3 is 2.19 bits per heavy atom. The van der Waals surface area contributed by atoms with Gasteiger partial charge in [0.1, 0.15) is 0 Å². The van der Waals surface area contributed by atoms with E-state index in [-0.39, 0.29) is 24.6 Å². The molecular weight excluding hydrogens is 287 g/mol. The summed E-state index contributed by atoms with van der Waals surface area (Å²) in [5.41, 5.74) is -0.678. The molecule has 1 N–H and O–H groups in total. The van der Waals surface area contributed by atoms with Crippen molar-refractivity contribution in [1.82, 2.24) is 4.90 Å². The SMILES string of the molecule is O=C(O)CCN(C(=O)c1ccc(C(F)(F)F)cc1)C1CC1. The predicted molar refractivity (Wildman–Crippen MR) is 67.8 cm³/mol. The molecule has 21 heavy (non-hydrogen) atoms. The second kappa shape index (κ2) is 5.75. The number of hydrogen-bond acceptors (Lipinski definition) is 2. The minimum atomic E-state index is -4.44. The van der Waals surface area contributed by atoms with Crippen molar-refractivity contribution in [1.29, 1.82) is 0 Å². The lowest BCUT2D eigenvalue weighted by molar-refractivity contribution is -0.138.